The third-order valence-corrected chi connectivity index (χ3v) is 3.77. The third kappa shape index (κ3) is 3.24. The molecule has 0 aliphatic carbocycles. The zero-order valence-corrected chi connectivity index (χ0v) is 11.8. The van der Waals surface area contributed by atoms with E-state index in [1.807, 2.05) is 0 Å². The van der Waals surface area contributed by atoms with Crippen LogP contribution >= 0.6 is 11.6 Å². The molecule has 1 aliphatic rings. The highest BCUT2D eigenvalue weighted by Crippen LogP contribution is 2.23. The van der Waals surface area contributed by atoms with Gasteiger partial charge in [-0.05, 0) is 25.0 Å². The molecule has 0 saturated carbocycles. The Morgan fingerprint density at radius 1 is 1.43 bits per heavy atom. The van der Waals surface area contributed by atoms with Gasteiger partial charge in [-0.25, -0.2) is 8.78 Å². The minimum absolute atomic E-state index is 0.0234. The summed E-state index contributed by atoms with van der Waals surface area (Å²) in [7, 11) is 0. The molecule has 0 radical (unpaired) electrons. The van der Waals surface area contributed by atoms with Crippen molar-refractivity contribution in [2.45, 2.75) is 12.8 Å². The maximum absolute atomic E-state index is 13.8. The SMILES string of the molecule is N/C(=N/O)C1CCCN(C(=O)c2cc(F)c(Cl)cc2F)C1. The van der Waals surface area contributed by atoms with Crippen LogP contribution in [-0.4, -0.2) is 34.9 Å². The topological polar surface area (TPSA) is 78.9 Å². The van der Waals surface area contributed by atoms with E-state index in [2.05, 4.69) is 5.16 Å². The molecular weight excluding hydrogens is 304 g/mol. The number of nitrogens with zero attached hydrogens (tertiary/aromatic N) is 2. The minimum Gasteiger partial charge on any atom is -0.409 e. The summed E-state index contributed by atoms with van der Waals surface area (Å²) in [6.45, 7) is 0.593. The van der Waals surface area contributed by atoms with Crippen LogP contribution in [0.3, 0.4) is 0 Å². The zero-order chi connectivity index (χ0) is 15.6. The van der Waals surface area contributed by atoms with Crippen LogP contribution < -0.4 is 5.73 Å². The van der Waals surface area contributed by atoms with Crippen LogP contribution in [-0.2, 0) is 0 Å². The molecule has 0 bridgehead atoms. The van der Waals surface area contributed by atoms with E-state index in [0.29, 0.717) is 19.4 Å². The number of likely N-dealkylation sites (tertiary alicyclic amines) is 1. The molecule has 1 atom stereocenters. The number of amidine groups is 1. The highest BCUT2D eigenvalue weighted by molar-refractivity contribution is 6.30. The average molecular weight is 318 g/mol. The van der Waals surface area contributed by atoms with E-state index in [1.54, 1.807) is 0 Å². The Morgan fingerprint density at radius 3 is 2.81 bits per heavy atom. The van der Waals surface area contributed by atoms with E-state index in [4.69, 9.17) is 22.5 Å². The molecular formula is C13H14ClF2N3O2. The van der Waals surface area contributed by atoms with E-state index in [9.17, 15) is 13.6 Å². The Morgan fingerprint density at radius 2 is 2.14 bits per heavy atom. The van der Waals surface area contributed by atoms with Gasteiger partial charge in [0.15, 0.2) is 0 Å². The van der Waals surface area contributed by atoms with Gasteiger partial charge in [-0.15, -0.1) is 0 Å². The van der Waals surface area contributed by atoms with Crippen LogP contribution in [0.15, 0.2) is 17.3 Å². The van der Waals surface area contributed by atoms with E-state index < -0.39 is 17.5 Å². The quantitative estimate of drug-likeness (QED) is 0.288. The van der Waals surface area contributed by atoms with Gasteiger partial charge in [0.1, 0.15) is 17.5 Å². The standard InChI is InChI=1S/C13H14ClF2N3O2/c14-9-5-10(15)8(4-11(9)16)13(20)19-3-1-2-7(6-19)12(17)18-21/h4-5,7,21H,1-3,6H2,(H2,17,18). The van der Waals surface area contributed by atoms with E-state index in [-0.39, 0.29) is 28.9 Å². The first-order chi connectivity index (χ1) is 9.93. The number of hydrogen-bond donors (Lipinski definition) is 2. The summed E-state index contributed by atoms with van der Waals surface area (Å²) in [5, 5.41) is 11.2. The van der Waals surface area contributed by atoms with Crippen LogP contribution in [0.25, 0.3) is 0 Å². The Hall–Kier alpha value is -1.89. The molecule has 1 fully saturated rings. The molecule has 2 rings (SSSR count). The lowest BCUT2D eigenvalue weighted by Crippen LogP contribution is -2.44. The molecule has 8 heteroatoms. The molecule has 0 aromatic heterocycles. The highest BCUT2D eigenvalue weighted by Gasteiger charge is 2.28. The summed E-state index contributed by atoms with van der Waals surface area (Å²) in [5.41, 5.74) is 5.16. The molecule has 1 aromatic carbocycles. The van der Waals surface area contributed by atoms with Crippen molar-refractivity contribution in [3.63, 3.8) is 0 Å². The van der Waals surface area contributed by atoms with Crippen molar-refractivity contribution in [2.24, 2.45) is 16.8 Å². The van der Waals surface area contributed by atoms with Crippen molar-refractivity contribution >= 4 is 23.3 Å². The first-order valence-electron chi connectivity index (χ1n) is 6.35. The Bertz CT molecular complexity index is 595. The summed E-state index contributed by atoms with van der Waals surface area (Å²) in [4.78, 5) is 13.6. The minimum atomic E-state index is -0.877. The molecule has 1 saturated heterocycles. The fraction of sp³-hybridized carbons (Fsp3) is 0.385. The monoisotopic (exact) mass is 317 g/mol. The van der Waals surface area contributed by atoms with Crippen LogP contribution in [0.4, 0.5) is 8.78 Å². The second kappa shape index (κ2) is 6.26. The fourth-order valence-electron chi connectivity index (χ4n) is 2.34. The smallest absolute Gasteiger partial charge is 0.256 e. The number of rotatable bonds is 2. The van der Waals surface area contributed by atoms with E-state index in [1.165, 1.54) is 4.90 Å². The first-order valence-corrected chi connectivity index (χ1v) is 6.73. The number of nitrogens with two attached hydrogens (primary N) is 1. The zero-order valence-electron chi connectivity index (χ0n) is 11.0. The second-order valence-electron chi connectivity index (χ2n) is 4.86. The van der Waals surface area contributed by atoms with Crippen molar-refractivity contribution in [1.82, 2.24) is 4.90 Å². The van der Waals surface area contributed by atoms with Gasteiger partial charge in [-0.3, -0.25) is 4.79 Å². The first kappa shape index (κ1) is 15.5. The van der Waals surface area contributed by atoms with Crippen molar-refractivity contribution in [3.05, 3.63) is 34.4 Å². The Labute approximate surface area is 125 Å². The summed E-state index contributed by atoms with van der Waals surface area (Å²) >= 11 is 5.46. The molecule has 114 valence electrons. The van der Waals surface area contributed by atoms with Gasteiger partial charge < -0.3 is 15.8 Å². The molecule has 1 unspecified atom stereocenters. The maximum Gasteiger partial charge on any atom is 0.256 e. The fourth-order valence-corrected chi connectivity index (χ4v) is 2.49. The van der Waals surface area contributed by atoms with Gasteiger partial charge in [-0.2, -0.15) is 0 Å². The van der Waals surface area contributed by atoms with Gasteiger partial charge in [0.25, 0.3) is 5.91 Å². The molecule has 21 heavy (non-hydrogen) atoms. The van der Waals surface area contributed by atoms with Crippen molar-refractivity contribution < 1.29 is 18.8 Å². The molecule has 1 aliphatic heterocycles. The average Bonchev–Trinajstić information content (AvgIpc) is 2.49. The number of carbonyl (C=O) groups excluding carboxylic acids is 1. The van der Waals surface area contributed by atoms with Crippen molar-refractivity contribution in [2.75, 3.05) is 13.1 Å². The number of oxime groups is 1. The summed E-state index contributed by atoms with van der Waals surface area (Å²) in [6.07, 6.45) is 1.29. The maximum atomic E-state index is 13.8. The third-order valence-electron chi connectivity index (χ3n) is 3.48. The van der Waals surface area contributed by atoms with Gasteiger partial charge in [0, 0.05) is 19.0 Å². The molecule has 3 N–H and O–H groups in total. The predicted molar refractivity (Wildman–Crippen MR) is 73.4 cm³/mol. The van der Waals surface area contributed by atoms with Crippen molar-refractivity contribution in [3.8, 4) is 0 Å². The summed E-state index contributed by atoms with van der Waals surface area (Å²) < 4.78 is 27.2. The predicted octanol–water partition coefficient (Wildman–Crippen LogP) is 2.22. The molecule has 1 aromatic rings. The number of piperidine rings is 1. The van der Waals surface area contributed by atoms with Gasteiger partial charge in [0.05, 0.1) is 10.6 Å². The molecule has 1 amide bonds. The van der Waals surface area contributed by atoms with Crippen LogP contribution in [0.1, 0.15) is 23.2 Å². The summed E-state index contributed by atoms with van der Waals surface area (Å²) in [5.74, 6) is -2.65. The normalized spacial score (nSPS) is 19.7. The van der Waals surface area contributed by atoms with Crippen molar-refractivity contribution in [1.29, 1.82) is 0 Å². The molecule has 5 nitrogen and oxygen atoms in total. The molecule has 1 heterocycles. The number of hydrogen-bond acceptors (Lipinski definition) is 3. The summed E-state index contributed by atoms with van der Waals surface area (Å²) in [6, 6.07) is 1.56. The largest absolute Gasteiger partial charge is 0.409 e. The van der Waals surface area contributed by atoms with Gasteiger partial charge in [-0.1, -0.05) is 16.8 Å². The Balaban J connectivity index is 2.22. The number of amides is 1. The highest BCUT2D eigenvalue weighted by atomic mass is 35.5. The Kier molecular flexibility index (Phi) is 4.62. The van der Waals surface area contributed by atoms with Gasteiger partial charge >= 0.3 is 0 Å². The lowest BCUT2D eigenvalue weighted by atomic mass is 9.96. The lowest BCUT2D eigenvalue weighted by molar-refractivity contribution is 0.0696. The second-order valence-corrected chi connectivity index (χ2v) is 5.27. The lowest BCUT2D eigenvalue weighted by Gasteiger charge is -2.32. The van der Waals surface area contributed by atoms with Crippen LogP contribution in [0.5, 0.6) is 0 Å². The molecule has 0 spiro atoms. The van der Waals surface area contributed by atoms with Crippen LogP contribution in [0.2, 0.25) is 5.02 Å². The number of halogens is 3. The number of benzene rings is 1. The number of carbonyl (C=O) groups is 1. The van der Waals surface area contributed by atoms with Crippen LogP contribution in [0, 0.1) is 17.6 Å². The van der Waals surface area contributed by atoms with E-state index >= 15 is 0 Å². The van der Waals surface area contributed by atoms with E-state index in [0.717, 1.165) is 12.1 Å². The van der Waals surface area contributed by atoms with Gasteiger partial charge in [0.2, 0.25) is 0 Å².